The normalized spacial score (nSPS) is 10.6. The maximum Gasteiger partial charge on any atom is 0.360 e. The molecule has 0 aliphatic rings. The van der Waals surface area contributed by atoms with Crippen LogP contribution in [0.1, 0.15) is 28.9 Å². The van der Waals surface area contributed by atoms with Gasteiger partial charge in [0.15, 0.2) is 5.69 Å². The first kappa shape index (κ1) is 12.6. The zero-order valence-electron chi connectivity index (χ0n) is 10.2. The van der Waals surface area contributed by atoms with Crippen molar-refractivity contribution in [1.29, 1.82) is 0 Å². The van der Waals surface area contributed by atoms with Gasteiger partial charge in [-0.05, 0) is 13.8 Å². The number of thiazole rings is 1. The average Bonchev–Trinajstić information content (AvgIpc) is 2.93. The highest BCUT2D eigenvalue weighted by Gasteiger charge is 2.19. The molecule has 0 bridgehead atoms. The summed E-state index contributed by atoms with van der Waals surface area (Å²) in [6.45, 7) is 4.35. The van der Waals surface area contributed by atoms with Gasteiger partial charge in [-0.1, -0.05) is 0 Å². The standard InChI is InChI=1S/C11H14N4O2S/c1-3-17-11(16)9-10(12)15(7(2)14-9)4-8-5-18-6-13-8/h5-6H,3-4,12H2,1-2H3. The van der Waals surface area contributed by atoms with E-state index in [1.807, 2.05) is 5.38 Å². The zero-order valence-corrected chi connectivity index (χ0v) is 11.0. The predicted octanol–water partition coefficient (Wildman–Crippen LogP) is 1.46. The fourth-order valence-electron chi connectivity index (χ4n) is 1.61. The van der Waals surface area contributed by atoms with Gasteiger partial charge in [-0.2, -0.15) is 0 Å². The molecule has 0 aliphatic carbocycles. The summed E-state index contributed by atoms with van der Waals surface area (Å²) in [6.07, 6.45) is 0. The van der Waals surface area contributed by atoms with Crippen molar-refractivity contribution >= 4 is 23.1 Å². The van der Waals surface area contributed by atoms with Crippen molar-refractivity contribution in [3.63, 3.8) is 0 Å². The molecule has 18 heavy (non-hydrogen) atoms. The topological polar surface area (TPSA) is 83.0 Å². The second-order valence-corrected chi connectivity index (χ2v) is 4.40. The summed E-state index contributed by atoms with van der Waals surface area (Å²) in [7, 11) is 0. The van der Waals surface area contributed by atoms with E-state index < -0.39 is 5.97 Å². The molecule has 2 rings (SSSR count). The van der Waals surface area contributed by atoms with Crippen molar-refractivity contribution in [1.82, 2.24) is 14.5 Å². The van der Waals surface area contributed by atoms with E-state index in [1.165, 1.54) is 11.3 Å². The summed E-state index contributed by atoms with van der Waals surface area (Å²) < 4.78 is 6.66. The molecule has 0 aliphatic heterocycles. The number of nitrogens with zero attached hydrogens (tertiary/aromatic N) is 3. The fraction of sp³-hybridized carbons (Fsp3) is 0.364. The second kappa shape index (κ2) is 5.18. The van der Waals surface area contributed by atoms with Crippen LogP contribution in [-0.2, 0) is 11.3 Å². The molecule has 0 saturated carbocycles. The first-order valence-corrected chi connectivity index (χ1v) is 6.44. The lowest BCUT2D eigenvalue weighted by Crippen LogP contribution is -2.10. The first-order chi connectivity index (χ1) is 8.63. The molecule has 0 saturated heterocycles. The number of hydrogen-bond acceptors (Lipinski definition) is 6. The molecule has 2 aromatic rings. The smallest absolute Gasteiger partial charge is 0.360 e. The maximum atomic E-state index is 11.6. The molecule has 0 atom stereocenters. The Kier molecular flexibility index (Phi) is 3.61. The van der Waals surface area contributed by atoms with E-state index in [-0.39, 0.29) is 5.69 Å². The lowest BCUT2D eigenvalue weighted by Gasteiger charge is -2.05. The molecule has 0 fully saturated rings. The van der Waals surface area contributed by atoms with Crippen molar-refractivity contribution in [2.24, 2.45) is 0 Å². The highest BCUT2D eigenvalue weighted by Crippen LogP contribution is 2.17. The Morgan fingerprint density at radius 1 is 1.61 bits per heavy atom. The van der Waals surface area contributed by atoms with Gasteiger partial charge < -0.3 is 15.0 Å². The largest absolute Gasteiger partial charge is 0.461 e. The third kappa shape index (κ3) is 2.35. The molecule has 96 valence electrons. The van der Waals surface area contributed by atoms with Crippen molar-refractivity contribution in [3.05, 3.63) is 28.1 Å². The molecular weight excluding hydrogens is 252 g/mol. The molecule has 0 radical (unpaired) electrons. The number of aryl methyl sites for hydroxylation is 1. The number of ether oxygens (including phenoxy) is 1. The van der Waals surface area contributed by atoms with E-state index in [2.05, 4.69) is 9.97 Å². The molecule has 2 heterocycles. The van der Waals surface area contributed by atoms with Gasteiger partial charge in [-0.25, -0.2) is 14.8 Å². The van der Waals surface area contributed by atoms with Gasteiger partial charge in [0.25, 0.3) is 0 Å². The van der Waals surface area contributed by atoms with Gasteiger partial charge in [0.2, 0.25) is 0 Å². The SMILES string of the molecule is CCOC(=O)c1nc(C)n(Cc2cscn2)c1N. The van der Waals surface area contributed by atoms with E-state index in [9.17, 15) is 4.79 Å². The Hall–Kier alpha value is -1.89. The number of anilines is 1. The van der Waals surface area contributed by atoms with Crippen LogP contribution in [0.3, 0.4) is 0 Å². The molecule has 2 aromatic heterocycles. The summed E-state index contributed by atoms with van der Waals surface area (Å²) in [6, 6.07) is 0. The first-order valence-electron chi connectivity index (χ1n) is 5.50. The molecular formula is C11H14N4O2S. The van der Waals surface area contributed by atoms with Crippen LogP contribution < -0.4 is 5.73 Å². The number of nitrogens with two attached hydrogens (primary N) is 1. The Bertz CT molecular complexity index is 548. The Morgan fingerprint density at radius 2 is 2.39 bits per heavy atom. The highest BCUT2D eigenvalue weighted by molar-refractivity contribution is 7.07. The number of aromatic nitrogens is 3. The number of rotatable bonds is 4. The lowest BCUT2D eigenvalue weighted by atomic mass is 10.4. The van der Waals surface area contributed by atoms with Crippen LogP contribution in [0.5, 0.6) is 0 Å². The Morgan fingerprint density at radius 3 is 3.00 bits per heavy atom. The van der Waals surface area contributed by atoms with Gasteiger partial charge in [0, 0.05) is 5.38 Å². The van der Waals surface area contributed by atoms with Crippen LogP contribution in [0, 0.1) is 6.92 Å². The molecule has 7 heteroatoms. The minimum atomic E-state index is -0.491. The molecule has 2 N–H and O–H groups in total. The summed E-state index contributed by atoms with van der Waals surface area (Å²) in [4.78, 5) is 20.0. The van der Waals surface area contributed by atoms with E-state index >= 15 is 0 Å². The molecule has 0 unspecified atom stereocenters. The second-order valence-electron chi connectivity index (χ2n) is 3.68. The third-order valence-electron chi connectivity index (χ3n) is 2.47. The number of imidazole rings is 1. The fourth-order valence-corrected chi connectivity index (χ4v) is 2.16. The molecule has 6 nitrogen and oxygen atoms in total. The monoisotopic (exact) mass is 266 g/mol. The summed E-state index contributed by atoms with van der Waals surface area (Å²) in [5.41, 5.74) is 8.74. The number of esters is 1. The summed E-state index contributed by atoms with van der Waals surface area (Å²) in [5.74, 6) is 0.498. The lowest BCUT2D eigenvalue weighted by molar-refractivity contribution is 0.0521. The van der Waals surface area contributed by atoms with Crippen LogP contribution in [0.4, 0.5) is 5.82 Å². The zero-order chi connectivity index (χ0) is 13.1. The molecule has 0 spiro atoms. The van der Waals surface area contributed by atoms with Gasteiger partial charge in [0.05, 0.1) is 24.4 Å². The van der Waals surface area contributed by atoms with Crippen molar-refractivity contribution in [2.45, 2.75) is 20.4 Å². The predicted molar refractivity (Wildman–Crippen MR) is 68.5 cm³/mol. The van der Waals surface area contributed by atoms with Crippen LogP contribution in [-0.4, -0.2) is 27.1 Å². The van der Waals surface area contributed by atoms with Crippen molar-refractivity contribution in [3.8, 4) is 0 Å². The maximum absolute atomic E-state index is 11.6. The van der Waals surface area contributed by atoms with E-state index in [4.69, 9.17) is 10.5 Å². The Labute approximate surface area is 108 Å². The number of carbonyl (C=O) groups excluding carboxylic acids is 1. The minimum absolute atomic E-state index is 0.171. The van der Waals surface area contributed by atoms with Crippen LogP contribution in [0.15, 0.2) is 10.9 Å². The Balaban J connectivity index is 2.29. The van der Waals surface area contributed by atoms with Crippen LogP contribution >= 0.6 is 11.3 Å². The van der Waals surface area contributed by atoms with E-state index in [0.717, 1.165) is 5.69 Å². The van der Waals surface area contributed by atoms with Gasteiger partial charge in [-0.15, -0.1) is 11.3 Å². The van der Waals surface area contributed by atoms with Crippen LogP contribution in [0.25, 0.3) is 0 Å². The molecule has 0 amide bonds. The average molecular weight is 266 g/mol. The summed E-state index contributed by atoms with van der Waals surface area (Å²) in [5, 5.41) is 1.93. The number of carbonyl (C=O) groups is 1. The number of nitrogen functional groups attached to an aromatic ring is 1. The summed E-state index contributed by atoms with van der Waals surface area (Å²) >= 11 is 1.51. The molecule has 0 aromatic carbocycles. The van der Waals surface area contributed by atoms with E-state index in [1.54, 1.807) is 23.9 Å². The van der Waals surface area contributed by atoms with Gasteiger partial charge >= 0.3 is 5.97 Å². The highest BCUT2D eigenvalue weighted by atomic mass is 32.1. The minimum Gasteiger partial charge on any atom is -0.461 e. The van der Waals surface area contributed by atoms with Crippen LogP contribution in [0.2, 0.25) is 0 Å². The van der Waals surface area contributed by atoms with Crippen molar-refractivity contribution in [2.75, 3.05) is 12.3 Å². The quantitative estimate of drug-likeness (QED) is 0.847. The number of hydrogen-bond donors (Lipinski definition) is 1. The van der Waals surface area contributed by atoms with E-state index in [0.29, 0.717) is 24.8 Å². The van der Waals surface area contributed by atoms with Crippen molar-refractivity contribution < 1.29 is 9.53 Å². The third-order valence-corrected chi connectivity index (χ3v) is 3.11. The van der Waals surface area contributed by atoms with Gasteiger partial charge in [0.1, 0.15) is 11.6 Å². The van der Waals surface area contributed by atoms with Gasteiger partial charge in [-0.3, -0.25) is 0 Å².